The van der Waals surface area contributed by atoms with Crippen LogP contribution in [0.15, 0.2) is 24.3 Å². The second-order valence-corrected chi connectivity index (χ2v) is 4.20. The van der Waals surface area contributed by atoms with Crippen molar-refractivity contribution in [1.82, 2.24) is 4.90 Å². The molecule has 1 aromatic rings. The monoisotopic (exact) mass is 266 g/mol. The number of benzene rings is 1. The van der Waals surface area contributed by atoms with Crippen LogP contribution in [-0.2, 0) is 4.74 Å². The molecule has 1 atom stereocenters. The number of nitrogens with two attached hydrogens (primary N) is 1. The van der Waals surface area contributed by atoms with Gasteiger partial charge >= 0.3 is 6.03 Å². The number of urea groups is 1. The minimum absolute atomic E-state index is 0.0979. The molecule has 1 fully saturated rings. The molecule has 0 spiro atoms. The van der Waals surface area contributed by atoms with Crippen LogP contribution in [0, 0.1) is 11.2 Å². The maximum Gasteiger partial charge on any atom is 0.322 e. The standard InChI is InChI=1S/C12H15FN4O2/c13-8-1-3-9(4-2-8)16-12(18)17-5-6-19-10(7-17)11(14)15/h1-4,10H,5-7H2,(H3,14,15)(H,16,18). The van der Waals surface area contributed by atoms with Crippen LogP contribution in [0.2, 0.25) is 0 Å². The third-order valence-corrected chi connectivity index (χ3v) is 2.80. The van der Waals surface area contributed by atoms with Crippen molar-refractivity contribution in [3.05, 3.63) is 30.1 Å². The van der Waals surface area contributed by atoms with E-state index in [1.54, 1.807) is 0 Å². The summed E-state index contributed by atoms with van der Waals surface area (Å²) in [5, 5.41) is 9.97. The summed E-state index contributed by atoms with van der Waals surface area (Å²) in [7, 11) is 0. The van der Waals surface area contributed by atoms with Crippen LogP contribution in [0.1, 0.15) is 0 Å². The highest BCUT2D eigenvalue weighted by molar-refractivity contribution is 5.90. The van der Waals surface area contributed by atoms with E-state index in [9.17, 15) is 9.18 Å². The number of anilines is 1. The lowest BCUT2D eigenvalue weighted by atomic mass is 10.2. The summed E-state index contributed by atoms with van der Waals surface area (Å²) >= 11 is 0. The third-order valence-electron chi connectivity index (χ3n) is 2.80. The summed E-state index contributed by atoms with van der Waals surface area (Å²) in [6, 6.07) is 5.19. The number of amidine groups is 1. The fraction of sp³-hybridized carbons (Fsp3) is 0.333. The van der Waals surface area contributed by atoms with Gasteiger partial charge in [-0.25, -0.2) is 9.18 Å². The summed E-state index contributed by atoms with van der Waals surface area (Å²) in [5.74, 6) is -0.458. The van der Waals surface area contributed by atoms with E-state index >= 15 is 0 Å². The van der Waals surface area contributed by atoms with Gasteiger partial charge in [-0.15, -0.1) is 0 Å². The van der Waals surface area contributed by atoms with E-state index in [4.69, 9.17) is 15.9 Å². The Kier molecular flexibility index (Phi) is 3.96. The van der Waals surface area contributed by atoms with E-state index in [0.29, 0.717) is 18.8 Å². The fourth-order valence-corrected chi connectivity index (χ4v) is 1.76. The van der Waals surface area contributed by atoms with Crippen molar-refractivity contribution >= 4 is 17.6 Å². The first-order valence-electron chi connectivity index (χ1n) is 5.83. The van der Waals surface area contributed by atoms with Gasteiger partial charge in [0.25, 0.3) is 0 Å². The van der Waals surface area contributed by atoms with Crippen LogP contribution in [0.5, 0.6) is 0 Å². The second kappa shape index (κ2) is 5.66. The molecule has 7 heteroatoms. The Hall–Kier alpha value is -2.15. The van der Waals surface area contributed by atoms with Gasteiger partial charge in [-0.3, -0.25) is 5.41 Å². The molecule has 1 heterocycles. The van der Waals surface area contributed by atoms with Crippen LogP contribution in [0.25, 0.3) is 0 Å². The van der Waals surface area contributed by atoms with E-state index in [0.717, 1.165) is 0 Å². The summed E-state index contributed by atoms with van der Waals surface area (Å²) < 4.78 is 18.0. The number of nitrogens with one attached hydrogen (secondary N) is 2. The smallest absolute Gasteiger partial charge is 0.322 e. The second-order valence-electron chi connectivity index (χ2n) is 4.20. The van der Waals surface area contributed by atoms with E-state index in [1.165, 1.54) is 29.2 Å². The predicted octanol–water partition coefficient (Wildman–Crippen LogP) is 0.994. The van der Waals surface area contributed by atoms with Crippen molar-refractivity contribution in [3.63, 3.8) is 0 Å². The van der Waals surface area contributed by atoms with Gasteiger partial charge in [-0.1, -0.05) is 0 Å². The van der Waals surface area contributed by atoms with Gasteiger partial charge in [0.1, 0.15) is 17.8 Å². The van der Waals surface area contributed by atoms with Crippen LogP contribution in [0.4, 0.5) is 14.9 Å². The molecule has 1 aromatic carbocycles. The molecule has 0 radical (unpaired) electrons. The van der Waals surface area contributed by atoms with Crippen molar-refractivity contribution in [2.24, 2.45) is 5.73 Å². The van der Waals surface area contributed by atoms with E-state index in [-0.39, 0.29) is 24.2 Å². The number of hydrogen-bond acceptors (Lipinski definition) is 3. The zero-order valence-electron chi connectivity index (χ0n) is 10.2. The zero-order chi connectivity index (χ0) is 13.8. The fourth-order valence-electron chi connectivity index (χ4n) is 1.76. The number of nitrogens with zero attached hydrogens (tertiary/aromatic N) is 1. The molecule has 0 aromatic heterocycles. The number of carbonyl (C=O) groups excluding carboxylic acids is 1. The normalized spacial score (nSPS) is 19.0. The summed E-state index contributed by atoms with van der Waals surface area (Å²) in [6.45, 7) is 1.00. The van der Waals surface area contributed by atoms with Gasteiger partial charge < -0.3 is 20.7 Å². The molecule has 1 aliphatic heterocycles. The molecule has 1 saturated heterocycles. The zero-order valence-corrected chi connectivity index (χ0v) is 10.2. The highest BCUT2D eigenvalue weighted by atomic mass is 19.1. The van der Waals surface area contributed by atoms with Crippen molar-refractivity contribution in [2.45, 2.75) is 6.10 Å². The lowest BCUT2D eigenvalue weighted by molar-refractivity contribution is 0.0234. The number of hydrogen-bond donors (Lipinski definition) is 3. The molecule has 0 saturated carbocycles. The molecule has 2 amide bonds. The van der Waals surface area contributed by atoms with Gasteiger partial charge in [-0.2, -0.15) is 0 Å². The van der Waals surface area contributed by atoms with Crippen LogP contribution in [-0.4, -0.2) is 42.6 Å². The SMILES string of the molecule is N=C(N)C1CN(C(=O)Nc2ccc(F)cc2)CCO1. The summed E-state index contributed by atoms with van der Waals surface area (Å²) in [5.41, 5.74) is 5.87. The molecule has 2 rings (SSSR count). The van der Waals surface area contributed by atoms with Gasteiger partial charge in [0.15, 0.2) is 0 Å². The van der Waals surface area contributed by atoms with Crippen molar-refractivity contribution < 1.29 is 13.9 Å². The first-order chi connectivity index (χ1) is 9.06. The van der Waals surface area contributed by atoms with E-state index in [1.807, 2.05) is 0 Å². The highest BCUT2D eigenvalue weighted by Gasteiger charge is 2.25. The minimum atomic E-state index is -0.562. The molecule has 0 aliphatic carbocycles. The van der Waals surface area contributed by atoms with Crippen LogP contribution < -0.4 is 11.1 Å². The Bertz CT molecular complexity index is 477. The molecule has 0 bridgehead atoms. The average molecular weight is 266 g/mol. The molecular weight excluding hydrogens is 251 g/mol. The molecule has 1 aliphatic rings. The number of ether oxygens (including phenoxy) is 1. The quantitative estimate of drug-likeness (QED) is 0.550. The first kappa shape index (κ1) is 13.3. The Labute approximate surface area is 109 Å². The molecule has 102 valence electrons. The van der Waals surface area contributed by atoms with Gasteiger partial charge in [0.2, 0.25) is 0 Å². The Balaban J connectivity index is 1.96. The highest BCUT2D eigenvalue weighted by Crippen LogP contribution is 2.11. The van der Waals surface area contributed by atoms with Gasteiger partial charge in [-0.05, 0) is 24.3 Å². The maximum absolute atomic E-state index is 12.7. The minimum Gasteiger partial charge on any atom is -0.385 e. The molecular formula is C12H15FN4O2. The van der Waals surface area contributed by atoms with Crippen molar-refractivity contribution in [3.8, 4) is 0 Å². The van der Waals surface area contributed by atoms with Crippen molar-refractivity contribution in [2.75, 3.05) is 25.0 Å². The average Bonchev–Trinajstić information content (AvgIpc) is 2.41. The number of halogens is 1. The summed E-state index contributed by atoms with van der Waals surface area (Å²) in [6.07, 6.45) is -0.562. The van der Waals surface area contributed by atoms with Gasteiger partial charge in [0.05, 0.1) is 13.2 Å². The number of amides is 2. The Morgan fingerprint density at radius 3 is 2.79 bits per heavy atom. The van der Waals surface area contributed by atoms with E-state index in [2.05, 4.69) is 5.32 Å². The predicted molar refractivity (Wildman–Crippen MR) is 68.6 cm³/mol. The first-order valence-corrected chi connectivity index (χ1v) is 5.83. The lowest BCUT2D eigenvalue weighted by Crippen LogP contribution is -2.51. The third kappa shape index (κ3) is 3.41. The molecule has 19 heavy (non-hydrogen) atoms. The summed E-state index contributed by atoms with van der Waals surface area (Å²) in [4.78, 5) is 13.5. The lowest BCUT2D eigenvalue weighted by Gasteiger charge is -2.32. The molecule has 4 N–H and O–H groups in total. The number of carbonyl (C=O) groups is 1. The van der Waals surface area contributed by atoms with Gasteiger partial charge in [0, 0.05) is 12.2 Å². The van der Waals surface area contributed by atoms with Crippen LogP contribution in [0.3, 0.4) is 0 Å². The topological polar surface area (TPSA) is 91.4 Å². The number of rotatable bonds is 2. The molecule has 6 nitrogen and oxygen atoms in total. The Morgan fingerprint density at radius 2 is 2.16 bits per heavy atom. The van der Waals surface area contributed by atoms with E-state index < -0.39 is 6.10 Å². The van der Waals surface area contributed by atoms with Crippen molar-refractivity contribution in [1.29, 1.82) is 5.41 Å². The largest absolute Gasteiger partial charge is 0.385 e. The molecule has 1 unspecified atom stereocenters. The Morgan fingerprint density at radius 1 is 1.47 bits per heavy atom. The maximum atomic E-state index is 12.7. The number of morpholine rings is 1. The van der Waals surface area contributed by atoms with Crippen LogP contribution >= 0.6 is 0 Å².